The van der Waals surface area contributed by atoms with Crippen LogP contribution in [-0.4, -0.2) is 19.4 Å². The van der Waals surface area contributed by atoms with E-state index in [2.05, 4.69) is 93.2 Å². The number of nitrogens with zero attached hydrogens (tertiary/aromatic N) is 2. The van der Waals surface area contributed by atoms with E-state index in [1.165, 1.54) is 27.4 Å². The van der Waals surface area contributed by atoms with Crippen LogP contribution in [0.5, 0.6) is 0 Å². The molecule has 0 bridgehead atoms. The van der Waals surface area contributed by atoms with E-state index >= 15 is 0 Å². The first-order chi connectivity index (χ1) is 14.4. The molecule has 0 amide bonds. The second-order valence-electron chi connectivity index (χ2n) is 7.52. The molecule has 2 N–H and O–H groups in total. The monoisotopic (exact) mass is 372 g/mol. The number of H-pyrrole nitrogens is 2. The number of aromatic amines is 2. The van der Waals surface area contributed by atoms with Crippen molar-refractivity contribution in [1.82, 2.24) is 19.4 Å². The van der Waals surface area contributed by atoms with E-state index in [1.54, 1.807) is 0 Å². The van der Waals surface area contributed by atoms with Gasteiger partial charge in [0.1, 0.15) is 0 Å². The summed E-state index contributed by atoms with van der Waals surface area (Å²) < 4.78 is 2.24. The van der Waals surface area contributed by atoms with Crippen molar-refractivity contribution in [3.63, 3.8) is 0 Å². The number of imidazole rings is 2. The van der Waals surface area contributed by atoms with Gasteiger partial charge in [0.05, 0.1) is 22.1 Å². The van der Waals surface area contributed by atoms with Crippen molar-refractivity contribution in [2.75, 3.05) is 0 Å². The third kappa shape index (κ3) is 1.95. The quantitative estimate of drug-likeness (QED) is 0.350. The van der Waals surface area contributed by atoms with Gasteiger partial charge in [-0.3, -0.25) is 4.40 Å². The lowest BCUT2D eigenvalue weighted by atomic mass is 10.0. The van der Waals surface area contributed by atoms with E-state index in [0.717, 1.165) is 33.4 Å². The molecule has 7 rings (SSSR count). The molecule has 4 nitrogen and oxygen atoms in total. The van der Waals surface area contributed by atoms with Crippen LogP contribution in [0, 0.1) is 0 Å². The minimum absolute atomic E-state index is 0.877. The molecule has 0 atom stereocenters. The molecule has 0 unspecified atom stereocenters. The van der Waals surface area contributed by atoms with Crippen molar-refractivity contribution in [3.05, 3.63) is 84.9 Å². The number of hydrogen-bond donors (Lipinski definition) is 2. The van der Waals surface area contributed by atoms with Crippen LogP contribution in [0.15, 0.2) is 84.9 Å². The van der Waals surface area contributed by atoms with E-state index in [-0.39, 0.29) is 0 Å². The Kier molecular flexibility index (Phi) is 2.71. The summed E-state index contributed by atoms with van der Waals surface area (Å²) in [6.45, 7) is 0. The Hall–Kier alpha value is -4.05. The van der Waals surface area contributed by atoms with Gasteiger partial charge in [0.2, 0.25) is 5.78 Å². The Morgan fingerprint density at radius 3 is 2.45 bits per heavy atom. The first kappa shape index (κ1) is 14.9. The predicted octanol–water partition coefficient (Wildman–Crippen LogP) is 6.27. The Labute approximate surface area is 165 Å². The number of para-hydroxylation sites is 4. The molecule has 4 aromatic carbocycles. The third-order valence-corrected chi connectivity index (χ3v) is 5.89. The molecule has 0 aliphatic heterocycles. The second-order valence-corrected chi connectivity index (χ2v) is 7.52. The number of rotatable bonds is 1. The zero-order valence-corrected chi connectivity index (χ0v) is 15.5. The molecule has 3 aromatic heterocycles. The highest BCUT2D eigenvalue weighted by Crippen LogP contribution is 2.35. The highest BCUT2D eigenvalue weighted by molar-refractivity contribution is 6.09. The van der Waals surface area contributed by atoms with Crippen LogP contribution in [-0.2, 0) is 0 Å². The summed E-state index contributed by atoms with van der Waals surface area (Å²) in [7, 11) is 0. The molecule has 7 aromatic rings. The van der Waals surface area contributed by atoms with Gasteiger partial charge < -0.3 is 9.97 Å². The summed E-state index contributed by atoms with van der Waals surface area (Å²) in [5, 5.41) is 2.50. The molecule has 4 heteroatoms. The number of benzene rings is 4. The predicted molar refractivity (Wildman–Crippen MR) is 119 cm³/mol. The zero-order chi connectivity index (χ0) is 18.9. The van der Waals surface area contributed by atoms with Gasteiger partial charge in [-0.05, 0) is 42.0 Å². The van der Waals surface area contributed by atoms with Crippen LogP contribution >= 0.6 is 0 Å². The van der Waals surface area contributed by atoms with Crippen molar-refractivity contribution in [1.29, 1.82) is 0 Å². The van der Waals surface area contributed by atoms with E-state index in [9.17, 15) is 0 Å². The molecule has 0 spiro atoms. The van der Waals surface area contributed by atoms with Crippen molar-refractivity contribution in [2.45, 2.75) is 0 Å². The van der Waals surface area contributed by atoms with Gasteiger partial charge in [0.15, 0.2) is 0 Å². The van der Waals surface area contributed by atoms with Gasteiger partial charge in [0, 0.05) is 27.4 Å². The van der Waals surface area contributed by atoms with E-state index < -0.39 is 0 Å². The van der Waals surface area contributed by atoms with E-state index in [1.807, 2.05) is 6.07 Å². The number of aromatic nitrogens is 4. The van der Waals surface area contributed by atoms with Gasteiger partial charge in [0.25, 0.3) is 0 Å². The molecule has 0 aliphatic rings. The topological polar surface area (TPSA) is 48.9 Å². The average molecular weight is 372 g/mol. The van der Waals surface area contributed by atoms with Crippen LogP contribution in [0.4, 0.5) is 0 Å². The van der Waals surface area contributed by atoms with E-state index in [0.29, 0.717) is 0 Å². The first-order valence-corrected chi connectivity index (χ1v) is 9.75. The van der Waals surface area contributed by atoms with Crippen LogP contribution in [0.3, 0.4) is 0 Å². The number of fused-ring (bicyclic) bond motifs is 8. The standard InChI is InChI=1S/C25H16N4/c1-2-8-19-17(6-1)18-14-15(12-13-20(18)26-19)16-7-5-10-22-24(16)29-23-11-4-3-9-21(23)27-25(29)28-22/h1-14,26H,(H,27,28). The van der Waals surface area contributed by atoms with Gasteiger partial charge in [-0.15, -0.1) is 0 Å². The average Bonchev–Trinajstić information content (AvgIpc) is 3.42. The largest absolute Gasteiger partial charge is 0.355 e. The highest BCUT2D eigenvalue weighted by Gasteiger charge is 2.15. The summed E-state index contributed by atoms with van der Waals surface area (Å²) >= 11 is 0. The van der Waals surface area contributed by atoms with Gasteiger partial charge in [-0.25, -0.2) is 4.98 Å². The van der Waals surface area contributed by atoms with Crippen LogP contribution in [0.2, 0.25) is 0 Å². The van der Waals surface area contributed by atoms with Crippen LogP contribution in [0.1, 0.15) is 0 Å². The van der Waals surface area contributed by atoms with Gasteiger partial charge in [-0.2, -0.15) is 0 Å². The summed E-state index contributed by atoms with van der Waals surface area (Å²) in [6, 6.07) is 29.8. The van der Waals surface area contributed by atoms with Crippen molar-refractivity contribution >= 4 is 49.7 Å². The molecule has 0 aliphatic carbocycles. The minimum Gasteiger partial charge on any atom is -0.355 e. The lowest BCUT2D eigenvalue weighted by molar-refractivity contribution is 1.28. The van der Waals surface area contributed by atoms with Gasteiger partial charge in [-0.1, -0.05) is 48.5 Å². The summed E-state index contributed by atoms with van der Waals surface area (Å²) in [5.41, 5.74) is 9.09. The number of hydrogen-bond acceptors (Lipinski definition) is 1. The maximum atomic E-state index is 4.84. The molecular weight excluding hydrogens is 356 g/mol. The Morgan fingerprint density at radius 1 is 0.655 bits per heavy atom. The smallest absolute Gasteiger partial charge is 0.213 e. The normalized spacial score (nSPS) is 12.1. The van der Waals surface area contributed by atoms with Crippen molar-refractivity contribution < 1.29 is 0 Å². The summed E-state index contributed by atoms with van der Waals surface area (Å²) in [5.74, 6) is 0.877. The van der Waals surface area contributed by atoms with E-state index in [4.69, 9.17) is 4.98 Å². The fraction of sp³-hybridized carbons (Fsp3) is 0. The molecule has 0 radical (unpaired) electrons. The number of nitrogens with one attached hydrogen (secondary N) is 2. The lowest BCUT2D eigenvalue weighted by Gasteiger charge is -2.06. The molecule has 3 heterocycles. The maximum Gasteiger partial charge on any atom is 0.213 e. The van der Waals surface area contributed by atoms with Gasteiger partial charge >= 0.3 is 0 Å². The molecule has 0 fully saturated rings. The SMILES string of the molecule is c1cc(-c2ccc3[nH]c4ccccc4c3c2)c2c(c1)nc1[nH]c3ccccc3n12. The zero-order valence-electron chi connectivity index (χ0n) is 15.5. The Morgan fingerprint density at radius 2 is 1.48 bits per heavy atom. The summed E-state index contributed by atoms with van der Waals surface area (Å²) in [6.07, 6.45) is 0. The third-order valence-electron chi connectivity index (χ3n) is 5.89. The molecule has 0 saturated heterocycles. The molecule has 136 valence electrons. The minimum atomic E-state index is 0.877. The molecule has 29 heavy (non-hydrogen) atoms. The second kappa shape index (κ2) is 5.26. The highest BCUT2D eigenvalue weighted by atomic mass is 15.1. The Bertz CT molecular complexity index is 1710. The van der Waals surface area contributed by atoms with Crippen LogP contribution < -0.4 is 0 Å². The summed E-state index contributed by atoms with van der Waals surface area (Å²) in [4.78, 5) is 11.8. The molecule has 0 saturated carbocycles. The van der Waals surface area contributed by atoms with Crippen molar-refractivity contribution in [2.24, 2.45) is 0 Å². The molecular formula is C25H16N4. The fourth-order valence-electron chi connectivity index (χ4n) is 4.59. The fourth-order valence-corrected chi connectivity index (χ4v) is 4.59. The first-order valence-electron chi connectivity index (χ1n) is 9.75. The Balaban J connectivity index is 1.60. The van der Waals surface area contributed by atoms with Crippen LogP contribution in [0.25, 0.3) is 60.8 Å². The lowest BCUT2D eigenvalue weighted by Crippen LogP contribution is -1.86. The maximum absolute atomic E-state index is 4.84. The van der Waals surface area contributed by atoms with Crippen molar-refractivity contribution in [3.8, 4) is 11.1 Å².